The van der Waals surface area contributed by atoms with E-state index in [1.54, 1.807) is 6.07 Å². The topological polar surface area (TPSA) is 76.6 Å². The summed E-state index contributed by atoms with van der Waals surface area (Å²) in [6.07, 6.45) is 15.2. The highest BCUT2D eigenvalue weighted by Crippen LogP contribution is 2.49. The van der Waals surface area contributed by atoms with Crippen molar-refractivity contribution in [3.05, 3.63) is 74.7 Å². The van der Waals surface area contributed by atoms with Gasteiger partial charge in [0.05, 0.1) is 5.02 Å². The summed E-state index contributed by atoms with van der Waals surface area (Å²) in [7, 11) is 0. The van der Waals surface area contributed by atoms with Gasteiger partial charge in [-0.1, -0.05) is 50.1 Å². The Bertz CT molecular complexity index is 1350. The van der Waals surface area contributed by atoms with Gasteiger partial charge in [-0.25, -0.2) is 0 Å². The van der Waals surface area contributed by atoms with Crippen molar-refractivity contribution in [1.82, 2.24) is 14.8 Å². The number of amides is 1. The molecule has 5 atom stereocenters. The van der Waals surface area contributed by atoms with E-state index in [2.05, 4.69) is 55.8 Å². The van der Waals surface area contributed by atoms with Crippen LogP contribution < -0.4 is 5.56 Å². The van der Waals surface area contributed by atoms with Crippen LogP contribution in [0.4, 0.5) is 0 Å². The van der Waals surface area contributed by atoms with E-state index in [1.165, 1.54) is 55.6 Å². The number of likely N-dealkylation sites (tertiary alicyclic amines) is 1. The Labute approximate surface area is 256 Å². The maximum atomic E-state index is 13.6. The van der Waals surface area contributed by atoms with Crippen LogP contribution in [0.1, 0.15) is 94.1 Å². The van der Waals surface area contributed by atoms with E-state index in [4.69, 9.17) is 11.6 Å². The second kappa shape index (κ2) is 13.0. The molecule has 2 aliphatic carbocycles. The molecule has 1 aromatic heterocycles. The number of pyridine rings is 1. The van der Waals surface area contributed by atoms with Crippen LogP contribution in [0.3, 0.4) is 0 Å². The Kier molecular flexibility index (Phi) is 9.53. The molecule has 1 saturated carbocycles. The zero-order chi connectivity index (χ0) is 30.0. The monoisotopic (exact) mass is 593 g/mol. The number of hydrogen-bond donors (Lipinski definition) is 2. The maximum Gasteiger partial charge on any atom is 0.260 e. The van der Waals surface area contributed by atoms with Crippen molar-refractivity contribution in [3.8, 4) is 5.75 Å². The van der Waals surface area contributed by atoms with Crippen molar-refractivity contribution in [1.29, 1.82) is 0 Å². The number of phenolic OH excluding ortho intramolecular Hbond substituents is 1. The fraction of sp³-hybridized carbons (Fsp3) is 0.600. The second-order valence-electron chi connectivity index (χ2n) is 13.2. The molecule has 42 heavy (non-hydrogen) atoms. The Morgan fingerprint density at radius 2 is 2.05 bits per heavy atom. The molecule has 2 heterocycles. The van der Waals surface area contributed by atoms with Crippen LogP contribution in [0.15, 0.2) is 47.4 Å². The number of hydrogen-bond acceptors (Lipinski definition) is 4. The number of aromatic amines is 1. The Morgan fingerprint density at radius 3 is 2.76 bits per heavy atom. The summed E-state index contributed by atoms with van der Waals surface area (Å²) in [5.41, 5.74) is 1.97. The number of aromatic hydroxyl groups is 1. The predicted octanol–water partition coefficient (Wildman–Crippen LogP) is 6.95. The molecule has 6 nitrogen and oxygen atoms in total. The molecule has 0 spiro atoms. The Balaban J connectivity index is 1.41. The molecule has 2 fully saturated rings. The maximum absolute atomic E-state index is 13.6. The van der Waals surface area contributed by atoms with Crippen molar-refractivity contribution >= 4 is 17.5 Å². The normalized spacial score (nSPS) is 26.0. The predicted molar refractivity (Wildman–Crippen MR) is 170 cm³/mol. The van der Waals surface area contributed by atoms with E-state index >= 15 is 0 Å². The van der Waals surface area contributed by atoms with Crippen LogP contribution in [0.2, 0.25) is 5.02 Å². The van der Waals surface area contributed by atoms with Crippen molar-refractivity contribution in [3.63, 3.8) is 0 Å². The molecule has 3 aliphatic rings. The third kappa shape index (κ3) is 6.50. The van der Waals surface area contributed by atoms with Gasteiger partial charge in [-0.3, -0.25) is 9.59 Å². The number of halogens is 1. The highest BCUT2D eigenvalue weighted by Gasteiger charge is 2.48. The van der Waals surface area contributed by atoms with Crippen LogP contribution in [0.5, 0.6) is 5.75 Å². The Morgan fingerprint density at radius 1 is 1.26 bits per heavy atom. The largest absolute Gasteiger partial charge is 0.508 e. The summed E-state index contributed by atoms with van der Waals surface area (Å²) < 4.78 is 0. The zero-order valence-corrected chi connectivity index (χ0v) is 26.5. The molecule has 5 rings (SSSR count). The number of rotatable bonds is 12. The highest BCUT2D eigenvalue weighted by molar-refractivity contribution is 6.30. The van der Waals surface area contributed by atoms with Crippen LogP contribution in [-0.4, -0.2) is 57.5 Å². The molecule has 2 N–H and O–H groups in total. The van der Waals surface area contributed by atoms with E-state index < -0.39 is 5.56 Å². The summed E-state index contributed by atoms with van der Waals surface area (Å²) in [5, 5.41) is 11.0. The van der Waals surface area contributed by atoms with E-state index in [0.717, 1.165) is 38.1 Å². The smallest absolute Gasteiger partial charge is 0.260 e. The van der Waals surface area contributed by atoms with E-state index in [-0.39, 0.29) is 34.8 Å². The van der Waals surface area contributed by atoms with Crippen molar-refractivity contribution in [2.45, 2.75) is 96.6 Å². The van der Waals surface area contributed by atoms with E-state index in [9.17, 15) is 14.7 Å². The number of allylic oxidation sites excluding steroid dienone is 1. The Hall–Kier alpha value is -2.57. The van der Waals surface area contributed by atoms with Gasteiger partial charge in [0.15, 0.2) is 0 Å². The first-order valence-electron chi connectivity index (χ1n) is 16.1. The molecule has 0 radical (unpaired) electrons. The van der Waals surface area contributed by atoms with Gasteiger partial charge < -0.3 is 19.9 Å². The zero-order valence-electron chi connectivity index (χ0n) is 25.7. The van der Waals surface area contributed by atoms with Crippen LogP contribution in [0.25, 0.3) is 0 Å². The number of carbonyl (C=O) groups excluding carboxylic acids is 1. The first-order chi connectivity index (χ1) is 20.2. The quantitative estimate of drug-likeness (QED) is 0.261. The van der Waals surface area contributed by atoms with Gasteiger partial charge in [-0.15, -0.1) is 0 Å². The number of benzene rings is 1. The van der Waals surface area contributed by atoms with Gasteiger partial charge in [0, 0.05) is 36.8 Å². The first-order valence-corrected chi connectivity index (χ1v) is 16.5. The average molecular weight is 594 g/mol. The van der Waals surface area contributed by atoms with E-state index in [1.807, 2.05) is 11.0 Å². The van der Waals surface area contributed by atoms with E-state index in [0.29, 0.717) is 23.4 Å². The molecule has 2 aromatic rings. The van der Waals surface area contributed by atoms with Gasteiger partial charge in [0.1, 0.15) is 11.3 Å². The summed E-state index contributed by atoms with van der Waals surface area (Å²) >= 11 is 6.14. The molecule has 7 heteroatoms. The fourth-order valence-electron chi connectivity index (χ4n) is 7.66. The lowest BCUT2D eigenvalue weighted by atomic mass is 9.63. The summed E-state index contributed by atoms with van der Waals surface area (Å²) in [4.78, 5) is 33.3. The molecule has 1 aromatic carbocycles. The van der Waals surface area contributed by atoms with Gasteiger partial charge in [0.25, 0.3) is 11.5 Å². The van der Waals surface area contributed by atoms with Crippen molar-refractivity contribution < 1.29 is 9.90 Å². The number of phenols is 1. The number of fused-ring (bicyclic) bond motifs is 1. The highest BCUT2D eigenvalue weighted by atomic mass is 35.5. The number of carbonyl (C=O) groups is 1. The van der Waals surface area contributed by atoms with Gasteiger partial charge >= 0.3 is 0 Å². The average Bonchev–Trinajstić information content (AvgIpc) is 3.74. The van der Waals surface area contributed by atoms with Gasteiger partial charge in [0.2, 0.25) is 0 Å². The molecule has 0 bridgehead atoms. The lowest BCUT2D eigenvalue weighted by molar-refractivity contribution is 0.0724. The molecular formula is C35H48ClN3O3. The van der Waals surface area contributed by atoms with Gasteiger partial charge in [-0.2, -0.15) is 0 Å². The SMILES string of the molecule is CCCC(C)N(CCCC1(c2cc(O)ccc2CC)C=C[C@@H]2CN(C(=O)c3cc(Cl)c[nH]c3=O)C(C)C2C1)CC1CC1. The standard InChI is InChI=1S/C35H48ClN3O3/c1-5-8-23(3)38(21-25-9-10-25)16-7-14-35(32-18-29(40)12-11-26(32)6-2)15-13-27-22-39(24(4)31(27)19-35)34(42)30-17-28(36)20-37-33(30)41/h11-13,15,17-18,20,23-25,27,31,40H,5-10,14,16,19,21-22H2,1-4H3,(H,37,41)/t23?,24?,27-,31?,35?/m1/s1. The van der Waals surface area contributed by atoms with Gasteiger partial charge in [-0.05, 0) is 112 Å². The molecular weight excluding hydrogens is 546 g/mol. The number of aryl methyl sites for hydroxylation is 1. The lowest BCUT2D eigenvalue weighted by Gasteiger charge is -2.42. The lowest BCUT2D eigenvalue weighted by Crippen LogP contribution is -2.41. The van der Waals surface area contributed by atoms with Crippen LogP contribution >= 0.6 is 11.6 Å². The fourth-order valence-corrected chi connectivity index (χ4v) is 7.82. The summed E-state index contributed by atoms with van der Waals surface area (Å²) in [6.45, 7) is 11.8. The number of nitrogens with one attached hydrogen (secondary N) is 1. The minimum Gasteiger partial charge on any atom is -0.508 e. The van der Waals surface area contributed by atoms with Crippen molar-refractivity contribution in [2.75, 3.05) is 19.6 Å². The third-order valence-electron chi connectivity index (χ3n) is 10.3. The minimum absolute atomic E-state index is 0.0245. The molecule has 1 aliphatic heterocycles. The minimum atomic E-state index is -0.406. The molecule has 4 unspecified atom stereocenters. The number of aromatic nitrogens is 1. The van der Waals surface area contributed by atoms with Crippen LogP contribution in [0, 0.1) is 17.8 Å². The number of H-pyrrole nitrogens is 1. The molecule has 1 saturated heterocycles. The van der Waals surface area contributed by atoms with Crippen LogP contribution in [-0.2, 0) is 11.8 Å². The second-order valence-corrected chi connectivity index (χ2v) is 13.6. The molecule has 228 valence electrons. The summed E-state index contributed by atoms with van der Waals surface area (Å²) in [6, 6.07) is 7.91. The summed E-state index contributed by atoms with van der Waals surface area (Å²) in [5.74, 6) is 1.40. The number of nitrogens with zero attached hydrogens (tertiary/aromatic N) is 2. The first kappa shape index (κ1) is 30.9. The van der Waals surface area contributed by atoms with Crippen molar-refractivity contribution in [2.24, 2.45) is 17.8 Å². The molecule has 1 amide bonds. The third-order valence-corrected chi connectivity index (χ3v) is 10.5.